The second-order valence-corrected chi connectivity index (χ2v) is 6.07. The minimum absolute atomic E-state index is 0.293. The van der Waals surface area contributed by atoms with Gasteiger partial charge >= 0.3 is 0 Å². The molecule has 3 nitrogen and oxygen atoms in total. The molecule has 1 aliphatic heterocycles. The molecule has 0 saturated carbocycles. The van der Waals surface area contributed by atoms with E-state index in [4.69, 9.17) is 5.73 Å². The van der Waals surface area contributed by atoms with Gasteiger partial charge in [-0.05, 0) is 38.4 Å². The van der Waals surface area contributed by atoms with E-state index >= 15 is 0 Å². The summed E-state index contributed by atoms with van der Waals surface area (Å²) in [7, 11) is 4.37. The lowest BCUT2D eigenvalue weighted by Crippen LogP contribution is -2.40. The molecule has 1 fully saturated rings. The van der Waals surface area contributed by atoms with Crippen LogP contribution >= 0.6 is 0 Å². The average molecular weight is 227 g/mol. The Labute approximate surface area is 101 Å². The summed E-state index contributed by atoms with van der Waals surface area (Å²) in [5.74, 6) is 0.772. The summed E-state index contributed by atoms with van der Waals surface area (Å²) in [6.07, 6.45) is 1.17. The maximum absolute atomic E-state index is 5.89. The molecule has 3 atom stereocenters. The number of nitrogens with two attached hydrogens (primary N) is 1. The first-order valence-electron chi connectivity index (χ1n) is 6.50. The standard InChI is InChI=1S/C13H29N3/c1-6-13(3,9-14)10-16-7-11(2)12(8-16)15(4)5/h11-12H,6-10,14H2,1-5H3. The summed E-state index contributed by atoms with van der Waals surface area (Å²) < 4.78 is 0. The monoisotopic (exact) mass is 227 g/mol. The highest BCUT2D eigenvalue weighted by atomic mass is 15.2. The van der Waals surface area contributed by atoms with Crippen molar-refractivity contribution >= 4 is 0 Å². The van der Waals surface area contributed by atoms with Crippen molar-refractivity contribution in [3.05, 3.63) is 0 Å². The van der Waals surface area contributed by atoms with Gasteiger partial charge in [-0.25, -0.2) is 0 Å². The molecule has 3 heteroatoms. The van der Waals surface area contributed by atoms with Crippen LogP contribution in [-0.4, -0.2) is 56.1 Å². The number of likely N-dealkylation sites (N-methyl/N-ethyl adjacent to an activating group) is 1. The first kappa shape index (κ1) is 13.9. The first-order valence-corrected chi connectivity index (χ1v) is 6.50. The molecule has 2 N–H and O–H groups in total. The van der Waals surface area contributed by atoms with Gasteiger partial charge in [0.25, 0.3) is 0 Å². The van der Waals surface area contributed by atoms with Crippen LogP contribution in [-0.2, 0) is 0 Å². The lowest BCUT2D eigenvalue weighted by Gasteiger charge is -2.32. The van der Waals surface area contributed by atoms with Crippen molar-refractivity contribution in [2.45, 2.75) is 33.2 Å². The van der Waals surface area contributed by atoms with Crippen molar-refractivity contribution in [1.82, 2.24) is 9.80 Å². The molecule has 96 valence electrons. The Bertz CT molecular complexity index is 211. The van der Waals surface area contributed by atoms with Crippen LogP contribution in [0, 0.1) is 11.3 Å². The van der Waals surface area contributed by atoms with Crippen molar-refractivity contribution in [3.8, 4) is 0 Å². The second-order valence-electron chi connectivity index (χ2n) is 6.07. The molecule has 0 radical (unpaired) electrons. The van der Waals surface area contributed by atoms with Crippen molar-refractivity contribution in [2.75, 3.05) is 40.3 Å². The second kappa shape index (κ2) is 5.48. The van der Waals surface area contributed by atoms with E-state index in [2.05, 4.69) is 44.7 Å². The predicted molar refractivity (Wildman–Crippen MR) is 70.5 cm³/mol. The first-order chi connectivity index (χ1) is 7.41. The average Bonchev–Trinajstić information content (AvgIpc) is 2.59. The molecule has 0 amide bonds. The van der Waals surface area contributed by atoms with Gasteiger partial charge in [-0.3, -0.25) is 0 Å². The van der Waals surface area contributed by atoms with Crippen LogP contribution in [0.3, 0.4) is 0 Å². The lowest BCUT2D eigenvalue weighted by molar-refractivity contribution is 0.179. The summed E-state index contributed by atoms with van der Waals surface area (Å²) in [6, 6.07) is 0.707. The molecule has 16 heavy (non-hydrogen) atoms. The molecule has 1 aliphatic rings. The zero-order valence-electron chi connectivity index (χ0n) is 11.7. The van der Waals surface area contributed by atoms with Crippen LogP contribution in [0.25, 0.3) is 0 Å². The van der Waals surface area contributed by atoms with E-state index in [-0.39, 0.29) is 0 Å². The Kier molecular flexibility index (Phi) is 4.77. The van der Waals surface area contributed by atoms with Crippen LogP contribution in [0.1, 0.15) is 27.2 Å². The Balaban J connectivity index is 2.53. The zero-order chi connectivity index (χ0) is 12.3. The summed E-state index contributed by atoms with van der Waals surface area (Å²) in [5, 5.41) is 0. The zero-order valence-corrected chi connectivity index (χ0v) is 11.7. The SMILES string of the molecule is CCC(C)(CN)CN1CC(C)C(N(C)C)C1. The fraction of sp³-hybridized carbons (Fsp3) is 1.00. The van der Waals surface area contributed by atoms with E-state index in [1.807, 2.05) is 0 Å². The van der Waals surface area contributed by atoms with Crippen molar-refractivity contribution in [1.29, 1.82) is 0 Å². The Hall–Kier alpha value is -0.120. The number of nitrogens with zero attached hydrogens (tertiary/aromatic N) is 2. The molecular weight excluding hydrogens is 198 g/mol. The Morgan fingerprint density at radius 3 is 2.38 bits per heavy atom. The van der Waals surface area contributed by atoms with E-state index in [9.17, 15) is 0 Å². The maximum atomic E-state index is 5.89. The normalized spacial score (nSPS) is 30.9. The summed E-state index contributed by atoms with van der Waals surface area (Å²) >= 11 is 0. The van der Waals surface area contributed by atoms with Gasteiger partial charge in [0, 0.05) is 25.7 Å². The minimum atomic E-state index is 0.293. The molecule has 1 rings (SSSR count). The van der Waals surface area contributed by atoms with Gasteiger partial charge in [0.2, 0.25) is 0 Å². The third-order valence-corrected chi connectivity index (χ3v) is 4.26. The molecule has 3 unspecified atom stereocenters. The van der Waals surface area contributed by atoms with E-state index in [0.717, 1.165) is 19.0 Å². The van der Waals surface area contributed by atoms with Crippen molar-refractivity contribution < 1.29 is 0 Å². The van der Waals surface area contributed by atoms with Crippen LogP contribution < -0.4 is 5.73 Å². The molecule has 1 saturated heterocycles. The van der Waals surface area contributed by atoms with Crippen molar-refractivity contribution in [2.24, 2.45) is 17.1 Å². The molecule has 0 bridgehead atoms. The van der Waals surface area contributed by atoms with E-state index in [0.29, 0.717) is 11.5 Å². The Morgan fingerprint density at radius 1 is 1.38 bits per heavy atom. The van der Waals surface area contributed by atoms with Crippen molar-refractivity contribution in [3.63, 3.8) is 0 Å². The third-order valence-electron chi connectivity index (χ3n) is 4.26. The van der Waals surface area contributed by atoms with Crippen LogP contribution in [0.2, 0.25) is 0 Å². The molecule has 0 aromatic carbocycles. The summed E-state index contributed by atoms with van der Waals surface area (Å²) in [5.41, 5.74) is 6.18. The topological polar surface area (TPSA) is 32.5 Å². The number of likely N-dealkylation sites (tertiary alicyclic amines) is 1. The van der Waals surface area contributed by atoms with E-state index in [1.165, 1.54) is 19.5 Å². The highest BCUT2D eigenvalue weighted by Crippen LogP contribution is 2.26. The fourth-order valence-electron chi connectivity index (χ4n) is 2.71. The molecule has 0 aromatic rings. The number of hydrogen-bond acceptors (Lipinski definition) is 3. The molecule has 0 spiro atoms. The Morgan fingerprint density at radius 2 is 2.00 bits per heavy atom. The summed E-state index contributed by atoms with van der Waals surface area (Å²) in [4.78, 5) is 4.95. The maximum Gasteiger partial charge on any atom is 0.0254 e. The lowest BCUT2D eigenvalue weighted by atomic mass is 9.87. The highest BCUT2D eigenvalue weighted by Gasteiger charge is 2.34. The quantitative estimate of drug-likeness (QED) is 0.767. The molecule has 0 aromatic heterocycles. The summed E-state index contributed by atoms with van der Waals surface area (Å²) in [6.45, 7) is 11.3. The van der Waals surface area contributed by atoms with Gasteiger partial charge in [-0.15, -0.1) is 0 Å². The highest BCUT2D eigenvalue weighted by molar-refractivity contribution is 4.89. The fourth-order valence-corrected chi connectivity index (χ4v) is 2.71. The van der Waals surface area contributed by atoms with Crippen LogP contribution in [0.15, 0.2) is 0 Å². The smallest absolute Gasteiger partial charge is 0.0254 e. The van der Waals surface area contributed by atoms with Crippen LogP contribution in [0.5, 0.6) is 0 Å². The van der Waals surface area contributed by atoms with Crippen LogP contribution in [0.4, 0.5) is 0 Å². The van der Waals surface area contributed by atoms with Gasteiger partial charge in [0.1, 0.15) is 0 Å². The molecular formula is C13H29N3. The van der Waals surface area contributed by atoms with Gasteiger partial charge in [0.05, 0.1) is 0 Å². The molecule has 1 heterocycles. The van der Waals surface area contributed by atoms with E-state index in [1.54, 1.807) is 0 Å². The van der Waals surface area contributed by atoms with E-state index < -0.39 is 0 Å². The largest absolute Gasteiger partial charge is 0.330 e. The van der Waals surface area contributed by atoms with Gasteiger partial charge in [0.15, 0.2) is 0 Å². The third kappa shape index (κ3) is 3.19. The number of rotatable bonds is 5. The molecule has 0 aliphatic carbocycles. The van der Waals surface area contributed by atoms with Gasteiger partial charge in [-0.1, -0.05) is 20.8 Å². The van der Waals surface area contributed by atoms with Gasteiger partial charge < -0.3 is 15.5 Å². The number of hydrogen-bond donors (Lipinski definition) is 1. The van der Waals surface area contributed by atoms with Gasteiger partial charge in [-0.2, -0.15) is 0 Å². The minimum Gasteiger partial charge on any atom is -0.330 e. The predicted octanol–water partition coefficient (Wildman–Crippen LogP) is 1.24.